The molecule has 2 aromatic carbocycles. The van der Waals surface area contributed by atoms with Crippen LogP contribution in [0.4, 0.5) is 15.8 Å². The van der Waals surface area contributed by atoms with E-state index in [2.05, 4.69) is 5.32 Å². The first kappa shape index (κ1) is 15.4. The zero-order valence-corrected chi connectivity index (χ0v) is 12.6. The summed E-state index contributed by atoms with van der Waals surface area (Å²) in [6.45, 7) is 3.01. The number of nitrogens with two attached hydrogens (primary N) is 1. The van der Waals surface area contributed by atoms with Crippen LogP contribution in [-0.2, 0) is 6.54 Å². The molecule has 21 heavy (non-hydrogen) atoms. The number of rotatable bonds is 6. The Morgan fingerprint density at radius 2 is 1.95 bits per heavy atom. The number of halogens is 2. The van der Waals surface area contributed by atoms with Crippen LogP contribution in [0.1, 0.15) is 18.9 Å². The van der Waals surface area contributed by atoms with Gasteiger partial charge in [0.05, 0.1) is 18.0 Å². The van der Waals surface area contributed by atoms with Gasteiger partial charge in [-0.2, -0.15) is 0 Å². The minimum Gasteiger partial charge on any atom is -0.490 e. The molecule has 0 unspecified atom stereocenters. The molecule has 0 bridgehead atoms. The van der Waals surface area contributed by atoms with Gasteiger partial charge in [-0.3, -0.25) is 0 Å². The average Bonchev–Trinajstić information content (AvgIpc) is 2.47. The largest absolute Gasteiger partial charge is 0.490 e. The van der Waals surface area contributed by atoms with Gasteiger partial charge in [0.15, 0.2) is 11.6 Å². The molecule has 0 aliphatic carbocycles. The molecule has 0 fully saturated rings. The van der Waals surface area contributed by atoms with Crippen molar-refractivity contribution in [2.75, 3.05) is 17.7 Å². The number of ether oxygens (including phenoxy) is 1. The molecule has 0 saturated heterocycles. The first-order valence-corrected chi connectivity index (χ1v) is 7.18. The maximum Gasteiger partial charge on any atom is 0.167 e. The van der Waals surface area contributed by atoms with Crippen LogP contribution in [0.5, 0.6) is 5.75 Å². The summed E-state index contributed by atoms with van der Waals surface area (Å²) >= 11 is 5.84. The van der Waals surface area contributed by atoms with E-state index in [0.717, 1.165) is 12.0 Å². The lowest BCUT2D eigenvalue weighted by atomic mass is 10.2. The summed E-state index contributed by atoms with van der Waals surface area (Å²) < 4.78 is 19.1. The number of nitrogen functional groups attached to an aromatic ring is 1. The van der Waals surface area contributed by atoms with Gasteiger partial charge < -0.3 is 15.8 Å². The van der Waals surface area contributed by atoms with Gasteiger partial charge in [0.25, 0.3) is 0 Å². The van der Waals surface area contributed by atoms with Crippen LogP contribution in [-0.4, -0.2) is 6.61 Å². The predicted molar refractivity (Wildman–Crippen MR) is 85.4 cm³/mol. The van der Waals surface area contributed by atoms with Gasteiger partial charge in [0, 0.05) is 23.7 Å². The molecule has 0 radical (unpaired) electrons. The van der Waals surface area contributed by atoms with Crippen molar-refractivity contribution in [3.63, 3.8) is 0 Å². The fourth-order valence-electron chi connectivity index (χ4n) is 1.84. The maximum atomic E-state index is 13.7. The SMILES string of the molecule is CCCOc1cc(NCc2ccc(Cl)cc2)c(N)cc1F. The first-order chi connectivity index (χ1) is 10.1. The minimum absolute atomic E-state index is 0.213. The minimum atomic E-state index is -0.446. The molecule has 0 spiro atoms. The Morgan fingerprint density at radius 1 is 1.24 bits per heavy atom. The molecule has 2 rings (SSSR count). The average molecular weight is 309 g/mol. The van der Waals surface area contributed by atoms with E-state index >= 15 is 0 Å². The van der Waals surface area contributed by atoms with E-state index in [0.29, 0.717) is 29.5 Å². The van der Waals surface area contributed by atoms with Crippen molar-refractivity contribution < 1.29 is 9.13 Å². The number of hydrogen-bond donors (Lipinski definition) is 2. The Hall–Kier alpha value is -1.94. The van der Waals surface area contributed by atoms with Gasteiger partial charge in [-0.05, 0) is 24.1 Å². The maximum absolute atomic E-state index is 13.7. The van der Waals surface area contributed by atoms with Crippen molar-refractivity contribution in [2.24, 2.45) is 0 Å². The second-order valence-electron chi connectivity index (χ2n) is 4.70. The Bertz CT molecular complexity index is 602. The van der Waals surface area contributed by atoms with Gasteiger partial charge in [-0.15, -0.1) is 0 Å². The van der Waals surface area contributed by atoms with E-state index < -0.39 is 5.82 Å². The molecular formula is C16H18ClFN2O. The molecule has 0 aliphatic rings. The summed E-state index contributed by atoms with van der Waals surface area (Å²) in [5.41, 5.74) is 7.89. The van der Waals surface area contributed by atoms with Crippen molar-refractivity contribution in [3.8, 4) is 5.75 Å². The number of anilines is 2. The molecule has 3 nitrogen and oxygen atoms in total. The molecule has 2 aromatic rings. The summed E-state index contributed by atoms with van der Waals surface area (Å²) in [5.74, 6) is -0.234. The van der Waals surface area contributed by atoms with E-state index in [1.54, 1.807) is 6.07 Å². The van der Waals surface area contributed by atoms with Crippen molar-refractivity contribution in [3.05, 3.63) is 52.8 Å². The molecule has 0 aromatic heterocycles. The zero-order valence-electron chi connectivity index (χ0n) is 11.8. The van der Waals surface area contributed by atoms with E-state index in [-0.39, 0.29) is 5.75 Å². The summed E-state index contributed by atoms with van der Waals surface area (Å²) in [6, 6.07) is 10.4. The van der Waals surface area contributed by atoms with Crippen LogP contribution in [0.25, 0.3) is 0 Å². The molecule has 0 saturated carbocycles. The van der Waals surface area contributed by atoms with Crippen LogP contribution in [0, 0.1) is 5.82 Å². The van der Waals surface area contributed by atoms with Gasteiger partial charge in [0.2, 0.25) is 0 Å². The summed E-state index contributed by atoms with van der Waals surface area (Å²) in [4.78, 5) is 0. The highest BCUT2D eigenvalue weighted by Gasteiger charge is 2.09. The smallest absolute Gasteiger partial charge is 0.167 e. The second-order valence-corrected chi connectivity index (χ2v) is 5.13. The molecule has 5 heteroatoms. The van der Waals surface area contributed by atoms with Crippen LogP contribution in [0.15, 0.2) is 36.4 Å². The normalized spacial score (nSPS) is 10.4. The van der Waals surface area contributed by atoms with Gasteiger partial charge >= 0.3 is 0 Å². The Labute approximate surface area is 128 Å². The van der Waals surface area contributed by atoms with Gasteiger partial charge in [-0.25, -0.2) is 4.39 Å². The van der Waals surface area contributed by atoms with Crippen LogP contribution in [0.2, 0.25) is 5.02 Å². The fourth-order valence-corrected chi connectivity index (χ4v) is 1.97. The molecule has 112 valence electrons. The highest BCUT2D eigenvalue weighted by molar-refractivity contribution is 6.30. The second kappa shape index (κ2) is 7.18. The molecule has 0 aliphatic heterocycles. The van der Waals surface area contributed by atoms with Crippen molar-refractivity contribution in [2.45, 2.75) is 19.9 Å². The fraction of sp³-hybridized carbons (Fsp3) is 0.250. The van der Waals surface area contributed by atoms with Crippen LogP contribution >= 0.6 is 11.6 Å². The first-order valence-electron chi connectivity index (χ1n) is 6.80. The van der Waals surface area contributed by atoms with E-state index in [9.17, 15) is 4.39 Å². The van der Waals surface area contributed by atoms with E-state index in [1.165, 1.54) is 6.07 Å². The lowest BCUT2D eigenvalue weighted by Gasteiger charge is -2.13. The Morgan fingerprint density at radius 3 is 2.62 bits per heavy atom. The van der Waals surface area contributed by atoms with E-state index in [4.69, 9.17) is 22.1 Å². The molecular weight excluding hydrogens is 291 g/mol. The summed E-state index contributed by atoms with van der Waals surface area (Å²) in [7, 11) is 0. The lowest BCUT2D eigenvalue weighted by Crippen LogP contribution is -2.05. The third-order valence-corrected chi connectivity index (χ3v) is 3.21. The zero-order chi connectivity index (χ0) is 15.2. The van der Waals surface area contributed by atoms with Gasteiger partial charge in [0.1, 0.15) is 0 Å². The molecule has 3 N–H and O–H groups in total. The predicted octanol–water partition coefficient (Wildman–Crippen LogP) is 4.46. The number of nitrogens with one attached hydrogen (secondary N) is 1. The van der Waals surface area contributed by atoms with E-state index in [1.807, 2.05) is 31.2 Å². The Balaban J connectivity index is 2.09. The summed E-state index contributed by atoms with van der Waals surface area (Å²) in [6.07, 6.45) is 0.817. The van der Waals surface area contributed by atoms with Crippen molar-refractivity contribution in [1.29, 1.82) is 0 Å². The standard InChI is InChI=1S/C16H18ClFN2O/c1-2-7-21-16-9-15(14(19)8-13(16)18)20-10-11-3-5-12(17)6-4-11/h3-6,8-9,20H,2,7,10,19H2,1H3. The quantitative estimate of drug-likeness (QED) is 0.774. The third kappa shape index (κ3) is 4.26. The van der Waals surface area contributed by atoms with Crippen molar-refractivity contribution in [1.82, 2.24) is 0 Å². The summed E-state index contributed by atoms with van der Waals surface area (Å²) in [5, 5.41) is 3.87. The lowest BCUT2D eigenvalue weighted by molar-refractivity contribution is 0.301. The van der Waals surface area contributed by atoms with Gasteiger partial charge in [-0.1, -0.05) is 30.7 Å². The van der Waals surface area contributed by atoms with Crippen LogP contribution < -0.4 is 15.8 Å². The highest BCUT2D eigenvalue weighted by Crippen LogP contribution is 2.28. The monoisotopic (exact) mass is 308 g/mol. The number of benzene rings is 2. The molecule has 0 amide bonds. The number of hydrogen-bond acceptors (Lipinski definition) is 3. The topological polar surface area (TPSA) is 47.3 Å². The highest BCUT2D eigenvalue weighted by atomic mass is 35.5. The van der Waals surface area contributed by atoms with Crippen molar-refractivity contribution >= 4 is 23.0 Å². The third-order valence-electron chi connectivity index (χ3n) is 2.96. The molecule has 0 atom stereocenters. The van der Waals surface area contributed by atoms with Crippen LogP contribution in [0.3, 0.4) is 0 Å². The Kier molecular flexibility index (Phi) is 5.28. The molecule has 0 heterocycles.